The van der Waals surface area contributed by atoms with Gasteiger partial charge in [-0.1, -0.05) is 11.6 Å². The number of carbonyl (C=O) groups is 2. The number of rotatable bonds is 7. The molecule has 9 nitrogen and oxygen atoms in total. The number of Topliss-reactive ketones (excluding diaryl/α,β-unsaturated/α-hetero) is 1. The molecule has 0 bridgehead atoms. The molecule has 0 radical (unpaired) electrons. The number of hydrogen-bond donors (Lipinski definition) is 3. The number of hydrogen-bond acceptors (Lipinski definition) is 6. The lowest BCUT2D eigenvalue weighted by atomic mass is 9.85. The fraction of sp³-hybridized carbons (Fsp3) is 0.333. The third kappa shape index (κ3) is 5.75. The normalized spacial score (nSPS) is 19.6. The van der Waals surface area contributed by atoms with Crippen molar-refractivity contribution in [1.29, 1.82) is 0 Å². The maximum absolute atomic E-state index is 13.0. The molecule has 1 heterocycles. The van der Waals surface area contributed by atoms with E-state index in [0.717, 1.165) is 0 Å². The second-order valence-electron chi connectivity index (χ2n) is 7.80. The lowest BCUT2D eigenvalue weighted by Gasteiger charge is -2.44. The number of nitrogens with one attached hydrogen (secondary N) is 1. The van der Waals surface area contributed by atoms with Crippen molar-refractivity contribution in [3.05, 3.63) is 64.2 Å². The van der Waals surface area contributed by atoms with Crippen LogP contribution in [0.1, 0.15) is 53.1 Å². The fourth-order valence-corrected chi connectivity index (χ4v) is 3.78. The molecule has 0 aliphatic carbocycles. The van der Waals surface area contributed by atoms with Crippen LogP contribution in [0.25, 0.3) is 0 Å². The molecule has 32 heavy (non-hydrogen) atoms. The van der Waals surface area contributed by atoms with Gasteiger partial charge in [-0.2, -0.15) is 0 Å². The summed E-state index contributed by atoms with van der Waals surface area (Å²) in [5, 5.41) is 3.36. The van der Waals surface area contributed by atoms with Gasteiger partial charge in [0.1, 0.15) is 17.5 Å². The predicted octanol–water partition coefficient (Wildman–Crippen LogP) is 3.64. The van der Waals surface area contributed by atoms with E-state index in [-0.39, 0.29) is 5.78 Å². The third-order valence-corrected chi connectivity index (χ3v) is 5.67. The van der Waals surface area contributed by atoms with E-state index >= 15 is 0 Å². The molecule has 3 rings (SSSR count). The van der Waals surface area contributed by atoms with Crippen LogP contribution in [-0.2, 0) is 13.8 Å². The third-order valence-electron chi connectivity index (χ3n) is 4.97. The minimum absolute atomic E-state index is 0.178. The summed E-state index contributed by atoms with van der Waals surface area (Å²) in [6.07, 6.45) is -0.917. The van der Waals surface area contributed by atoms with E-state index in [1.165, 1.54) is 6.92 Å². The largest absolute Gasteiger partial charge is 0.485 e. The van der Waals surface area contributed by atoms with Crippen LogP contribution in [0.3, 0.4) is 0 Å². The first kappa shape index (κ1) is 24.4. The number of halogens is 1. The second kappa shape index (κ2) is 9.31. The Morgan fingerprint density at radius 3 is 2.38 bits per heavy atom. The maximum Gasteiger partial charge on any atom is 0.471 e. The van der Waals surface area contributed by atoms with Crippen molar-refractivity contribution in [1.82, 2.24) is 5.32 Å². The summed E-state index contributed by atoms with van der Waals surface area (Å²) in [5.41, 5.74) is 0.206. The molecule has 11 heteroatoms. The summed E-state index contributed by atoms with van der Waals surface area (Å²) >= 11 is 5.90. The lowest BCUT2D eigenvalue weighted by molar-refractivity contribution is -0.141. The van der Waals surface area contributed by atoms with Crippen molar-refractivity contribution in [2.45, 2.75) is 38.5 Å². The highest BCUT2D eigenvalue weighted by atomic mass is 35.5. The van der Waals surface area contributed by atoms with Crippen LogP contribution in [0.5, 0.6) is 5.75 Å². The van der Waals surface area contributed by atoms with E-state index in [4.69, 9.17) is 30.9 Å². The number of ketones is 1. The number of benzene rings is 2. The molecule has 1 aliphatic heterocycles. The molecule has 172 valence electrons. The van der Waals surface area contributed by atoms with Crippen molar-refractivity contribution in [3.63, 3.8) is 0 Å². The zero-order valence-corrected chi connectivity index (χ0v) is 19.2. The van der Waals surface area contributed by atoms with Crippen LogP contribution < -0.4 is 10.1 Å². The Bertz CT molecular complexity index is 1070. The maximum atomic E-state index is 13.0. The number of amides is 1. The van der Waals surface area contributed by atoms with Gasteiger partial charge in [0.15, 0.2) is 12.6 Å². The molecule has 2 unspecified atom stereocenters. The molecular weight excluding hydrogens is 461 g/mol. The minimum Gasteiger partial charge on any atom is -0.485 e. The highest BCUT2D eigenvalue weighted by Crippen LogP contribution is 2.43. The number of phosphoric acid groups is 1. The van der Waals surface area contributed by atoms with Gasteiger partial charge in [0.25, 0.3) is 5.91 Å². The van der Waals surface area contributed by atoms with E-state index in [9.17, 15) is 14.2 Å². The Morgan fingerprint density at radius 1 is 1.16 bits per heavy atom. The highest BCUT2D eigenvalue weighted by molar-refractivity contribution is 7.46. The summed E-state index contributed by atoms with van der Waals surface area (Å²) in [7, 11) is -4.77. The fourth-order valence-electron chi connectivity index (χ4n) is 3.46. The van der Waals surface area contributed by atoms with Crippen LogP contribution in [0.15, 0.2) is 42.5 Å². The lowest BCUT2D eigenvalue weighted by Crippen LogP contribution is -2.55. The van der Waals surface area contributed by atoms with Gasteiger partial charge in [-0.05, 0) is 63.2 Å². The van der Waals surface area contributed by atoms with Crippen molar-refractivity contribution in [2.24, 2.45) is 0 Å². The number of fused-ring (bicyclic) bond motifs is 1. The van der Waals surface area contributed by atoms with E-state index in [0.29, 0.717) is 27.5 Å². The quantitative estimate of drug-likeness (QED) is 0.309. The minimum atomic E-state index is -4.77. The van der Waals surface area contributed by atoms with Crippen LogP contribution in [0.2, 0.25) is 5.02 Å². The molecule has 1 aliphatic rings. The molecular formula is C21H23ClNO8P. The zero-order chi connectivity index (χ0) is 23.7. The molecule has 0 spiro atoms. The summed E-state index contributed by atoms with van der Waals surface area (Å²) in [4.78, 5) is 42.8. The molecule has 1 amide bonds. The second-order valence-corrected chi connectivity index (χ2v) is 9.47. The van der Waals surface area contributed by atoms with E-state index in [1.807, 2.05) is 0 Å². The standard InChI is InChI=1S/C21H23ClNO8P/c1-12(24)14-6-9-17-16(10-14)18(23-20(25)13-4-7-15(22)8-5-13)19(21(2,3)31-17)29-11-30-32(26,27)28/h4-10,18-19H,11H2,1-3H3,(H,23,25)(H2,26,27,28). The Balaban J connectivity index is 1.99. The Labute approximate surface area is 189 Å². The van der Waals surface area contributed by atoms with Gasteiger partial charge in [0, 0.05) is 21.7 Å². The predicted molar refractivity (Wildman–Crippen MR) is 116 cm³/mol. The van der Waals surface area contributed by atoms with Gasteiger partial charge in [-0.25, -0.2) is 4.57 Å². The number of ether oxygens (including phenoxy) is 2. The summed E-state index contributed by atoms with van der Waals surface area (Å²) in [6, 6.07) is 10.3. The summed E-state index contributed by atoms with van der Waals surface area (Å²) in [6.45, 7) is 4.09. The number of phosphoric ester groups is 1. The van der Waals surface area contributed by atoms with Crippen molar-refractivity contribution < 1.29 is 37.9 Å². The van der Waals surface area contributed by atoms with Crippen molar-refractivity contribution >= 4 is 31.1 Å². The van der Waals surface area contributed by atoms with Crippen LogP contribution in [-0.4, -0.2) is 40.0 Å². The van der Waals surface area contributed by atoms with Gasteiger partial charge in [-0.3, -0.25) is 14.1 Å². The Hall–Kier alpha value is -2.26. The molecule has 0 aromatic heterocycles. The molecule has 2 aromatic carbocycles. The molecule has 3 N–H and O–H groups in total. The van der Waals surface area contributed by atoms with E-state index < -0.39 is 38.3 Å². The molecule has 2 atom stereocenters. The average Bonchev–Trinajstić information content (AvgIpc) is 2.68. The van der Waals surface area contributed by atoms with E-state index in [1.54, 1.807) is 56.3 Å². The molecule has 0 saturated carbocycles. The zero-order valence-electron chi connectivity index (χ0n) is 17.6. The van der Waals surface area contributed by atoms with Crippen LogP contribution in [0.4, 0.5) is 0 Å². The van der Waals surface area contributed by atoms with Gasteiger partial charge in [0.05, 0.1) is 6.04 Å². The summed E-state index contributed by atoms with van der Waals surface area (Å²) < 4.78 is 27.2. The van der Waals surface area contributed by atoms with Gasteiger partial charge in [0.2, 0.25) is 0 Å². The average molecular weight is 484 g/mol. The summed E-state index contributed by atoms with van der Waals surface area (Å²) in [5.74, 6) is -0.173. The van der Waals surface area contributed by atoms with Crippen molar-refractivity contribution in [2.75, 3.05) is 6.79 Å². The first-order chi connectivity index (χ1) is 14.9. The van der Waals surface area contributed by atoms with Crippen LogP contribution in [0, 0.1) is 0 Å². The molecule has 0 saturated heterocycles. The first-order valence-corrected chi connectivity index (χ1v) is 11.5. The van der Waals surface area contributed by atoms with Gasteiger partial charge in [-0.15, -0.1) is 0 Å². The smallest absolute Gasteiger partial charge is 0.471 e. The Kier molecular flexibility index (Phi) is 7.09. The Morgan fingerprint density at radius 2 is 1.78 bits per heavy atom. The molecule has 2 aromatic rings. The highest BCUT2D eigenvalue weighted by Gasteiger charge is 2.46. The monoisotopic (exact) mass is 483 g/mol. The number of carbonyl (C=O) groups excluding carboxylic acids is 2. The van der Waals surface area contributed by atoms with Gasteiger partial charge >= 0.3 is 7.82 Å². The van der Waals surface area contributed by atoms with E-state index in [2.05, 4.69) is 9.84 Å². The first-order valence-electron chi connectivity index (χ1n) is 9.59. The SMILES string of the molecule is CC(=O)c1ccc2c(c1)C(NC(=O)c1ccc(Cl)cc1)C(OCOP(=O)(O)O)C(C)(C)O2. The van der Waals surface area contributed by atoms with Crippen LogP contribution >= 0.6 is 19.4 Å². The van der Waals surface area contributed by atoms with Crippen molar-refractivity contribution in [3.8, 4) is 5.75 Å². The van der Waals surface area contributed by atoms with Gasteiger partial charge < -0.3 is 24.6 Å². The topological polar surface area (TPSA) is 131 Å². The molecule has 0 fully saturated rings.